The van der Waals surface area contributed by atoms with Gasteiger partial charge in [0.1, 0.15) is 17.1 Å². The Balaban J connectivity index is 1.72. The number of benzene rings is 2. The molecule has 2 aromatic carbocycles. The molecule has 1 saturated carbocycles. The van der Waals surface area contributed by atoms with E-state index in [4.69, 9.17) is 0 Å². The number of nitrogens with zero attached hydrogens (tertiary/aromatic N) is 4. The predicted molar refractivity (Wildman–Crippen MR) is 144 cm³/mol. The lowest BCUT2D eigenvalue weighted by Crippen LogP contribution is -2.31. The van der Waals surface area contributed by atoms with Crippen molar-refractivity contribution in [3.05, 3.63) is 65.0 Å². The Morgan fingerprint density at radius 1 is 1.07 bits per heavy atom. The maximum absolute atomic E-state index is 13.2. The number of carbonyl (C=O) groups is 1. The van der Waals surface area contributed by atoms with Crippen LogP contribution in [0.4, 0.5) is 19.0 Å². The molecule has 0 aliphatic heterocycles. The number of aromatic carboxylic acids is 1. The van der Waals surface area contributed by atoms with Gasteiger partial charge in [-0.15, -0.1) is 0 Å². The highest BCUT2D eigenvalue weighted by atomic mass is 19.4. The van der Waals surface area contributed by atoms with Crippen molar-refractivity contribution in [1.29, 1.82) is 0 Å². The van der Waals surface area contributed by atoms with E-state index < -0.39 is 23.5 Å². The molecule has 1 atom stereocenters. The number of aromatic hydroxyl groups is 1. The van der Waals surface area contributed by atoms with Crippen molar-refractivity contribution in [1.82, 2.24) is 19.5 Å². The van der Waals surface area contributed by atoms with Gasteiger partial charge in [0.15, 0.2) is 11.5 Å². The molecular weight excluding hydrogens is 523 g/mol. The molecule has 0 spiro atoms. The number of halogens is 3. The van der Waals surface area contributed by atoms with Gasteiger partial charge in [-0.05, 0) is 67.0 Å². The lowest BCUT2D eigenvalue weighted by molar-refractivity contribution is -0.137. The molecule has 2 heterocycles. The number of rotatable bonds is 8. The zero-order chi connectivity index (χ0) is 28.8. The van der Waals surface area contributed by atoms with Gasteiger partial charge in [-0.3, -0.25) is 0 Å². The van der Waals surface area contributed by atoms with Gasteiger partial charge in [-0.1, -0.05) is 38.5 Å². The highest BCUT2D eigenvalue weighted by Crippen LogP contribution is 2.37. The van der Waals surface area contributed by atoms with Crippen molar-refractivity contribution in [2.45, 2.75) is 64.7 Å². The fourth-order valence-electron chi connectivity index (χ4n) is 4.94. The molecule has 3 N–H and O–H groups in total. The van der Waals surface area contributed by atoms with Crippen LogP contribution in [0.2, 0.25) is 0 Å². The van der Waals surface area contributed by atoms with Gasteiger partial charge >= 0.3 is 12.1 Å². The van der Waals surface area contributed by atoms with Gasteiger partial charge < -0.3 is 20.1 Å². The average molecular weight is 554 g/mol. The van der Waals surface area contributed by atoms with Crippen LogP contribution in [0.5, 0.6) is 5.75 Å². The highest BCUT2D eigenvalue weighted by molar-refractivity contribution is 5.92. The molecule has 1 aliphatic carbocycles. The topological polar surface area (TPSA) is 113 Å². The predicted octanol–water partition coefficient (Wildman–Crippen LogP) is 6.69. The van der Waals surface area contributed by atoms with Gasteiger partial charge in [0.25, 0.3) is 0 Å². The van der Waals surface area contributed by atoms with E-state index in [0.29, 0.717) is 28.4 Å². The molecule has 4 aromatic rings. The normalized spacial score (nSPS) is 14.9. The van der Waals surface area contributed by atoms with E-state index in [9.17, 15) is 28.2 Å². The van der Waals surface area contributed by atoms with Crippen molar-refractivity contribution in [3.63, 3.8) is 0 Å². The van der Waals surface area contributed by atoms with Crippen LogP contribution in [0.25, 0.3) is 22.6 Å². The summed E-state index contributed by atoms with van der Waals surface area (Å²) in [5.74, 6) is -0.677. The summed E-state index contributed by atoms with van der Waals surface area (Å²) in [5, 5.41) is 23.9. The first-order chi connectivity index (χ1) is 18.9. The van der Waals surface area contributed by atoms with Crippen LogP contribution in [0.15, 0.2) is 42.5 Å². The number of phenols is 1. The number of carboxylic acids is 1. The number of carboxylic acid groups (broad SMARTS) is 1. The van der Waals surface area contributed by atoms with Gasteiger partial charge in [0, 0.05) is 12.6 Å². The summed E-state index contributed by atoms with van der Waals surface area (Å²) in [6.07, 6.45) is -1.26. The minimum atomic E-state index is -4.47. The van der Waals surface area contributed by atoms with E-state index in [-0.39, 0.29) is 35.7 Å². The summed E-state index contributed by atoms with van der Waals surface area (Å²) >= 11 is 0. The molecule has 8 nitrogen and oxygen atoms in total. The number of imidazole rings is 1. The van der Waals surface area contributed by atoms with Crippen molar-refractivity contribution in [2.24, 2.45) is 5.92 Å². The summed E-state index contributed by atoms with van der Waals surface area (Å²) in [6.45, 7) is 6.11. The van der Waals surface area contributed by atoms with Crippen molar-refractivity contribution < 1.29 is 28.2 Å². The highest BCUT2D eigenvalue weighted by Gasteiger charge is 2.31. The molecule has 2 aromatic heterocycles. The van der Waals surface area contributed by atoms with Gasteiger partial charge in [0.2, 0.25) is 5.82 Å². The number of alkyl halides is 3. The molecule has 0 radical (unpaired) electrons. The smallest absolute Gasteiger partial charge is 0.416 e. The Hall–Kier alpha value is -4.15. The molecule has 0 unspecified atom stereocenters. The van der Waals surface area contributed by atoms with Crippen molar-refractivity contribution in [3.8, 4) is 17.1 Å². The molecule has 11 heteroatoms. The van der Waals surface area contributed by atoms with Crippen molar-refractivity contribution in [2.75, 3.05) is 5.32 Å². The van der Waals surface area contributed by atoms with Gasteiger partial charge in [0.05, 0.1) is 11.1 Å². The van der Waals surface area contributed by atoms with Crippen LogP contribution in [0.1, 0.15) is 73.3 Å². The fraction of sp³-hybridized carbons (Fsp3) is 0.379. The van der Waals surface area contributed by atoms with Crippen molar-refractivity contribution >= 4 is 23.0 Å². The molecule has 0 bridgehead atoms. The summed E-state index contributed by atoms with van der Waals surface area (Å²) in [6, 6.07) is 9.98. The number of anilines is 1. The Kier molecular flexibility index (Phi) is 7.16. The van der Waals surface area contributed by atoms with E-state index in [1.807, 2.05) is 26.8 Å². The summed E-state index contributed by atoms with van der Waals surface area (Å²) < 4.78 is 41.3. The SMILES string of the molecule is CC(C)c1ccc(O)c(-c2nc3nc(C(=O)O)nc(N[C@H](C)C4CCC4)c3n2Cc2ccc(C(F)(F)F)cc2)c1. The maximum Gasteiger partial charge on any atom is 0.416 e. The van der Waals surface area contributed by atoms with E-state index in [2.05, 4.69) is 20.3 Å². The third-order valence-corrected chi connectivity index (χ3v) is 7.57. The number of aromatic nitrogens is 4. The molecule has 0 amide bonds. The first-order valence-electron chi connectivity index (χ1n) is 13.2. The molecule has 0 saturated heterocycles. The lowest BCUT2D eigenvalue weighted by Gasteiger charge is -2.32. The Morgan fingerprint density at radius 3 is 2.35 bits per heavy atom. The second kappa shape index (κ2) is 10.4. The number of hydrogen-bond donors (Lipinski definition) is 3. The van der Waals surface area contributed by atoms with Crippen LogP contribution in [0.3, 0.4) is 0 Å². The molecule has 210 valence electrons. The zero-order valence-electron chi connectivity index (χ0n) is 22.3. The molecule has 1 aliphatic rings. The standard InChI is InChI=1S/C29H30F3N5O3/c1-15(2)19-9-12-22(38)21(13-19)27-36-25-23(37(27)14-17-7-10-20(11-8-17)29(30,31)32)24(34-26(35-25)28(39)40)33-16(3)18-5-4-6-18/h7-13,15-16,18,38H,4-6,14H2,1-3H3,(H,39,40)(H,33,34,35)/t16-/m1/s1. The Labute approximate surface area is 228 Å². The Morgan fingerprint density at radius 2 is 1.77 bits per heavy atom. The molecular formula is C29H30F3N5O3. The quantitative estimate of drug-likeness (QED) is 0.223. The Bertz CT molecular complexity index is 1560. The van der Waals surface area contributed by atoms with E-state index in [1.165, 1.54) is 12.1 Å². The second-order valence-electron chi connectivity index (χ2n) is 10.6. The molecule has 5 rings (SSSR count). The third-order valence-electron chi connectivity index (χ3n) is 7.57. The van der Waals surface area contributed by atoms with Gasteiger partial charge in [-0.2, -0.15) is 13.2 Å². The number of nitrogens with one attached hydrogen (secondary N) is 1. The van der Waals surface area contributed by atoms with Crippen LogP contribution in [-0.2, 0) is 12.7 Å². The second-order valence-corrected chi connectivity index (χ2v) is 10.6. The minimum absolute atomic E-state index is 0.0102. The van der Waals surface area contributed by atoms with E-state index in [1.54, 1.807) is 16.7 Å². The van der Waals surface area contributed by atoms with Gasteiger partial charge in [-0.25, -0.2) is 19.7 Å². The van der Waals surface area contributed by atoms with E-state index in [0.717, 1.165) is 37.0 Å². The monoisotopic (exact) mass is 553 g/mol. The van der Waals surface area contributed by atoms with Crippen LogP contribution in [0, 0.1) is 5.92 Å². The van der Waals surface area contributed by atoms with Crippen LogP contribution >= 0.6 is 0 Å². The maximum atomic E-state index is 13.2. The molecule has 40 heavy (non-hydrogen) atoms. The zero-order valence-corrected chi connectivity index (χ0v) is 22.3. The summed E-state index contributed by atoms with van der Waals surface area (Å²) in [7, 11) is 0. The first-order valence-corrected chi connectivity index (χ1v) is 13.2. The summed E-state index contributed by atoms with van der Waals surface area (Å²) in [4.78, 5) is 25.1. The minimum Gasteiger partial charge on any atom is -0.507 e. The number of hydrogen-bond acceptors (Lipinski definition) is 6. The van der Waals surface area contributed by atoms with E-state index >= 15 is 0 Å². The largest absolute Gasteiger partial charge is 0.507 e. The number of fused-ring (bicyclic) bond motifs is 1. The van der Waals surface area contributed by atoms with Crippen LogP contribution in [-0.4, -0.2) is 41.7 Å². The van der Waals surface area contributed by atoms with Crippen LogP contribution < -0.4 is 5.32 Å². The molecule has 1 fully saturated rings. The fourth-order valence-corrected chi connectivity index (χ4v) is 4.94. The third kappa shape index (κ3) is 5.32. The first kappa shape index (κ1) is 27.4. The lowest BCUT2D eigenvalue weighted by atomic mass is 9.80. The summed E-state index contributed by atoms with van der Waals surface area (Å²) in [5.41, 5.74) is 1.63. The number of phenolic OH excluding ortho intramolecular Hbond substituents is 1. The average Bonchev–Trinajstić information content (AvgIpc) is 3.21.